The molecule has 2 nitrogen and oxygen atoms in total. The van der Waals surface area contributed by atoms with Gasteiger partial charge in [-0.15, -0.1) is 0 Å². The third kappa shape index (κ3) is 2.08. The quantitative estimate of drug-likeness (QED) is 0.769. The predicted octanol–water partition coefficient (Wildman–Crippen LogP) is 3.46. The van der Waals surface area contributed by atoms with Crippen molar-refractivity contribution in [2.45, 2.75) is 26.2 Å². The van der Waals surface area contributed by atoms with Crippen LogP contribution in [0, 0.1) is 18.3 Å². The van der Waals surface area contributed by atoms with Gasteiger partial charge in [-0.25, -0.2) is 0 Å². The lowest BCUT2D eigenvalue weighted by atomic mass is 9.83. The van der Waals surface area contributed by atoms with Gasteiger partial charge >= 0.3 is 0 Å². The first kappa shape index (κ1) is 11.9. The number of methoxy groups -OCH3 is 1. The van der Waals surface area contributed by atoms with Crippen LogP contribution in [-0.2, 0) is 5.41 Å². The van der Waals surface area contributed by atoms with Gasteiger partial charge in [0.2, 0.25) is 0 Å². The van der Waals surface area contributed by atoms with Gasteiger partial charge in [0, 0.05) is 5.56 Å². The Balaban J connectivity index is 3.53. The summed E-state index contributed by atoms with van der Waals surface area (Å²) in [4.78, 5) is 0. The van der Waals surface area contributed by atoms with Gasteiger partial charge in [-0.05, 0) is 32.4 Å². The number of ether oxygens (including phenoxy) is 1. The zero-order chi connectivity index (χ0) is 11.6. The number of halogens is 1. The summed E-state index contributed by atoms with van der Waals surface area (Å²) in [5, 5.41) is 9.68. The molecule has 0 aromatic heterocycles. The second-order valence-corrected chi connectivity index (χ2v) is 4.42. The number of rotatable bonds is 2. The zero-order valence-electron chi connectivity index (χ0n) is 9.39. The van der Waals surface area contributed by atoms with Gasteiger partial charge in [-0.1, -0.05) is 17.7 Å². The van der Waals surface area contributed by atoms with Crippen molar-refractivity contribution in [3.05, 3.63) is 28.3 Å². The number of benzene rings is 1. The first-order valence-corrected chi connectivity index (χ1v) is 5.06. The molecule has 0 spiro atoms. The molecule has 0 saturated heterocycles. The maximum atomic E-state index is 9.13. The molecule has 80 valence electrons. The second-order valence-electron chi connectivity index (χ2n) is 4.01. The molecule has 0 aliphatic carbocycles. The van der Waals surface area contributed by atoms with Crippen molar-refractivity contribution >= 4 is 11.6 Å². The number of hydrogen-bond donors (Lipinski definition) is 0. The van der Waals surface area contributed by atoms with Crippen LogP contribution < -0.4 is 4.74 Å². The number of nitrogens with zero attached hydrogens (tertiary/aromatic N) is 1. The minimum Gasteiger partial charge on any atom is -0.495 e. The topological polar surface area (TPSA) is 33.0 Å². The van der Waals surface area contributed by atoms with E-state index in [4.69, 9.17) is 21.6 Å². The van der Waals surface area contributed by atoms with Crippen molar-refractivity contribution in [2.75, 3.05) is 7.11 Å². The molecule has 3 heteroatoms. The molecule has 0 saturated carbocycles. The molecular weight excluding hydrogens is 210 g/mol. The predicted molar refractivity (Wildman–Crippen MR) is 61.4 cm³/mol. The van der Waals surface area contributed by atoms with Gasteiger partial charge in [0.15, 0.2) is 0 Å². The lowest BCUT2D eigenvalue weighted by Crippen LogP contribution is -2.17. The van der Waals surface area contributed by atoms with E-state index in [9.17, 15) is 0 Å². The molecule has 15 heavy (non-hydrogen) atoms. The van der Waals surface area contributed by atoms with Crippen molar-refractivity contribution in [3.63, 3.8) is 0 Å². The highest BCUT2D eigenvalue weighted by Gasteiger charge is 2.27. The first-order chi connectivity index (χ1) is 6.94. The summed E-state index contributed by atoms with van der Waals surface area (Å²) in [6.45, 7) is 5.66. The van der Waals surface area contributed by atoms with E-state index in [1.54, 1.807) is 13.2 Å². The fraction of sp³-hybridized carbons (Fsp3) is 0.417. The maximum absolute atomic E-state index is 9.13. The first-order valence-electron chi connectivity index (χ1n) is 4.69. The molecular formula is C12H14ClNO. The summed E-state index contributed by atoms with van der Waals surface area (Å²) in [5.41, 5.74) is 1.28. The van der Waals surface area contributed by atoms with Gasteiger partial charge in [-0.2, -0.15) is 5.26 Å². The fourth-order valence-electron chi connectivity index (χ4n) is 1.69. The standard InChI is InChI=1S/C12H14ClNO/c1-8-5-6-9(13)11(15-4)10(8)12(2,3)7-14/h5-6H,1-4H3. The Kier molecular flexibility index (Phi) is 3.26. The normalized spacial score (nSPS) is 10.9. The highest BCUT2D eigenvalue weighted by Crippen LogP contribution is 2.38. The molecule has 1 aromatic rings. The van der Waals surface area contributed by atoms with Crippen LogP contribution in [0.4, 0.5) is 0 Å². The van der Waals surface area contributed by atoms with Crippen molar-refractivity contribution < 1.29 is 4.74 Å². The van der Waals surface area contributed by atoms with E-state index < -0.39 is 5.41 Å². The molecule has 0 radical (unpaired) electrons. The molecule has 0 unspecified atom stereocenters. The van der Waals surface area contributed by atoms with E-state index in [-0.39, 0.29) is 0 Å². The van der Waals surface area contributed by atoms with Gasteiger partial charge in [0.25, 0.3) is 0 Å². The molecule has 0 amide bonds. The van der Waals surface area contributed by atoms with Gasteiger partial charge < -0.3 is 4.74 Å². The Morgan fingerprint density at radius 2 is 2.00 bits per heavy atom. The Hall–Kier alpha value is -1.20. The molecule has 0 aliphatic heterocycles. The van der Waals surface area contributed by atoms with Crippen molar-refractivity contribution in [2.24, 2.45) is 0 Å². The second kappa shape index (κ2) is 4.12. The van der Waals surface area contributed by atoms with Crippen LogP contribution in [0.3, 0.4) is 0 Å². The smallest absolute Gasteiger partial charge is 0.142 e. The van der Waals surface area contributed by atoms with Gasteiger partial charge in [0.05, 0.1) is 23.6 Å². The minimum absolute atomic E-state index is 0.543. The van der Waals surface area contributed by atoms with Crippen LogP contribution in [0.1, 0.15) is 25.0 Å². The average molecular weight is 224 g/mol. The van der Waals surface area contributed by atoms with Crippen LogP contribution in [0.25, 0.3) is 0 Å². The summed E-state index contributed by atoms with van der Waals surface area (Å²) < 4.78 is 5.26. The average Bonchev–Trinajstić information content (AvgIpc) is 2.20. The molecule has 1 aromatic carbocycles. The lowest BCUT2D eigenvalue weighted by molar-refractivity contribution is 0.402. The molecule has 0 heterocycles. The summed E-state index contributed by atoms with van der Waals surface area (Å²) in [5.74, 6) is 0.600. The van der Waals surface area contributed by atoms with Crippen LogP contribution in [0.5, 0.6) is 5.75 Å². The van der Waals surface area contributed by atoms with E-state index in [1.807, 2.05) is 26.8 Å². The SMILES string of the molecule is COc1c(Cl)ccc(C)c1C(C)(C)C#N. The minimum atomic E-state index is -0.597. The largest absolute Gasteiger partial charge is 0.495 e. The summed E-state index contributed by atoms with van der Waals surface area (Å²) in [7, 11) is 1.57. The van der Waals surface area contributed by atoms with E-state index in [2.05, 4.69) is 6.07 Å². The van der Waals surface area contributed by atoms with Crippen molar-refractivity contribution in [3.8, 4) is 11.8 Å². The van der Waals surface area contributed by atoms with Crippen molar-refractivity contribution in [1.29, 1.82) is 5.26 Å². The fourth-order valence-corrected chi connectivity index (χ4v) is 1.92. The zero-order valence-corrected chi connectivity index (χ0v) is 10.1. The molecule has 0 fully saturated rings. The highest BCUT2D eigenvalue weighted by atomic mass is 35.5. The van der Waals surface area contributed by atoms with Crippen LogP contribution in [0.15, 0.2) is 12.1 Å². The molecule has 0 N–H and O–H groups in total. The third-order valence-electron chi connectivity index (χ3n) is 2.43. The van der Waals surface area contributed by atoms with Gasteiger partial charge in [0.1, 0.15) is 5.75 Å². The monoisotopic (exact) mass is 223 g/mol. The Labute approximate surface area is 95.4 Å². The molecule has 0 aliphatic rings. The van der Waals surface area contributed by atoms with Crippen LogP contribution in [0.2, 0.25) is 5.02 Å². The summed E-state index contributed by atoms with van der Waals surface area (Å²) >= 11 is 6.03. The Morgan fingerprint density at radius 1 is 1.40 bits per heavy atom. The van der Waals surface area contributed by atoms with E-state index in [0.29, 0.717) is 10.8 Å². The third-order valence-corrected chi connectivity index (χ3v) is 2.72. The molecule has 1 rings (SSSR count). The molecule has 0 atom stereocenters. The number of hydrogen-bond acceptors (Lipinski definition) is 2. The van der Waals surface area contributed by atoms with Gasteiger partial charge in [-0.3, -0.25) is 0 Å². The summed E-state index contributed by atoms with van der Waals surface area (Å²) in [6.07, 6.45) is 0. The molecule has 0 bridgehead atoms. The summed E-state index contributed by atoms with van der Waals surface area (Å²) in [6, 6.07) is 5.95. The number of aryl methyl sites for hydroxylation is 1. The van der Waals surface area contributed by atoms with E-state index >= 15 is 0 Å². The Morgan fingerprint density at radius 3 is 2.47 bits per heavy atom. The maximum Gasteiger partial charge on any atom is 0.142 e. The van der Waals surface area contributed by atoms with Crippen molar-refractivity contribution in [1.82, 2.24) is 0 Å². The van der Waals surface area contributed by atoms with E-state index in [0.717, 1.165) is 11.1 Å². The Bertz CT molecular complexity index is 418. The van der Waals surface area contributed by atoms with Crippen LogP contribution >= 0.6 is 11.6 Å². The lowest BCUT2D eigenvalue weighted by Gasteiger charge is -2.22. The highest BCUT2D eigenvalue weighted by molar-refractivity contribution is 6.32. The number of nitriles is 1. The van der Waals surface area contributed by atoms with Crippen LogP contribution in [-0.4, -0.2) is 7.11 Å². The van der Waals surface area contributed by atoms with E-state index in [1.165, 1.54) is 0 Å².